The van der Waals surface area contributed by atoms with Gasteiger partial charge in [-0.2, -0.15) is 0 Å². The van der Waals surface area contributed by atoms with Crippen molar-refractivity contribution in [2.24, 2.45) is 0 Å². The number of aromatic nitrogens is 1. The Morgan fingerprint density at radius 3 is 2.94 bits per heavy atom. The van der Waals surface area contributed by atoms with Gasteiger partial charge in [-0.25, -0.2) is 4.98 Å². The maximum absolute atomic E-state index is 5.69. The van der Waals surface area contributed by atoms with Crippen molar-refractivity contribution >= 4 is 11.5 Å². The van der Waals surface area contributed by atoms with Crippen LogP contribution in [-0.2, 0) is 6.42 Å². The Bertz CT molecular complexity index is 451. The van der Waals surface area contributed by atoms with Gasteiger partial charge in [0.15, 0.2) is 0 Å². The Labute approximate surface area is 94.5 Å². The molecule has 0 aliphatic rings. The molecule has 0 bridgehead atoms. The average Bonchev–Trinajstić information content (AvgIpc) is 2.76. The van der Waals surface area contributed by atoms with E-state index in [2.05, 4.69) is 10.3 Å². The number of pyridine rings is 1. The monoisotopic (exact) mass is 217 g/mol. The molecule has 16 heavy (non-hydrogen) atoms. The van der Waals surface area contributed by atoms with Gasteiger partial charge in [-0.3, -0.25) is 0 Å². The Kier molecular flexibility index (Phi) is 3.10. The first-order chi connectivity index (χ1) is 7.75. The van der Waals surface area contributed by atoms with Gasteiger partial charge in [0.1, 0.15) is 11.6 Å². The number of hydrogen-bond donors (Lipinski definition) is 2. The molecule has 4 heteroatoms. The van der Waals surface area contributed by atoms with E-state index in [-0.39, 0.29) is 0 Å². The molecule has 0 unspecified atom stereocenters. The highest BCUT2D eigenvalue weighted by molar-refractivity contribution is 5.48. The zero-order valence-electron chi connectivity index (χ0n) is 9.23. The minimum absolute atomic E-state index is 0.719. The Morgan fingerprint density at radius 2 is 2.25 bits per heavy atom. The van der Waals surface area contributed by atoms with Crippen molar-refractivity contribution in [3.8, 4) is 0 Å². The van der Waals surface area contributed by atoms with Crippen molar-refractivity contribution in [3.63, 3.8) is 0 Å². The quantitative estimate of drug-likeness (QED) is 0.824. The highest BCUT2D eigenvalue weighted by Crippen LogP contribution is 2.11. The molecule has 4 nitrogen and oxygen atoms in total. The number of hydrogen-bond acceptors (Lipinski definition) is 4. The summed E-state index contributed by atoms with van der Waals surface area (Å²) in [6, 6.07) is 7.59. The second-order valence-corrected chi connectivity index (χ2v) is 3.63. The van der Waals surface area contributed by atoms with Crippen LogP contribution in [0.1, 0.15) is 11.5 Å². The number of furan rings is 1. The van der Waals surface area contributed by atoms with Crippen molar-refractivity contribution in [2.75, 3.05) is 17.6 Å². The lowest BCUT2D eigenvalue weighted by Crippen LogP contribution is -2.06. The van der Waals surface area contributed by atoms with Crippen LogP contribution >= 0.6 is 0 Å². The number of rotatable bonds is 4. The van der Waals surface area contributed by atoms with E-state index in [4.69, 9.17) is 10.2 Å². The van der Waals surface area contributed by atoms with Crippen LogP contribution in [0.5, 0.6) is 0 Å². The van der Waals surface area contributed by atoms with E-state index < -0.39 is 0 Å². The van der Waals surface area contributed by atoms with Gasteiger partial charge in [0.05, 0.1) is 17.6 Å². The predicted molar refractivity (Wildman–Crippen MR) is 64.3 cm³/mol. The van der Waals surface area contributed by atoms with Gasteiger partial charge in [0.25, 0.3) is 0 Å². The Morgan fingerprint density at radius 1 is 1.38 bits per heavy atom. The average molecular weight is 217 g/mol. The lowest BCUT2D eigenvalue weighted by Gasteiger charge is -2.06. The van der Waals surface area contributed by atoms with Gasteiger partial charge < -0.3 is 15.5 Å². The SMILES string of the molecule is Cc1nc(NCCc2ccco2)ccc1N. The summed E-state index contributed by atoms with van der Waals surface area (Å²) in [7, 11) is 0. The van der Waals surface area contributed by atoms with E-state index in [0.717, 1.165) is 35.9 Å². The van der Waals surface area contributed by atoms with Gasteiger partial charge in [0, 0.05) is 13.0 Å². The second-order valence-electron chi connectivity index (χ2n) is 3.63. The second kappa shape index (κ2) is 4.70. The van der Waals surface area contributed by atoms with E-state index in [1.807, 2.05) is 31.2 Å². The fourth-order valence-corrected chi connectivity index (χ4v) is 1.44. The fourth-order valence-electron chi connectivity index (χ4n) is 1.44. The van der Waals surface area contributed by atoms with Gasteiger partial charge in [-0.05, 0) is 31.2 Å². The van der Waals surface area contributed by atoms with Crippen LogP contribution in [0.25, 0.3) is 0 Å². The molecule has 0 saturated heterocycles. The number of anilines is 2. The van der Waals surface area contributed by atoms with E-state index in [9.17, 15) is 0 Å². The molecule has 0 fully saturated rings. The minimum Gasteiger partial charge on any atom is -0.469 e. The molecule has 0 saturated carbocycles. The summed E-state index contributed by atoms with van der Waals surface area (Å²) in [5.41, 5.74) is 7.26. The molecular formula is C12H15N3O. The maximum atomic E-state index is 5.69. The molecule has 2 aromatic heterocycles. The van der Waals surface area contributed by atoms with Crippen molar-refractivity contribution < 1.29 is 4.42 Å². The van der Waals surface area contributed by atoms with E-state index in [0.29, 0.717) is 0 Å². The Balaban J connectivity index is 1.87. The molecule has 0 atom stereocenters. The topological polar surface area (TPSA) is 64.1 Å². The van der Waals surface area contributed by atoms with Crippen LogP contribution in [0.3, 0.4) is 0 Å². The summed E-state index contributed by atoms with van der Waals surface area (Å²) in [4.78, 5) is 4.32. The predicted octanol–water partition coefficient (Wildman–Crippen LogP) is 2.22. The molecular weight excluding hydrogens is 202 g/mol. The van der Waals surface area contributed by atoms with Crippen LogP contribution in [0.4, 0.5) is 11.5 Å². The third-order valence-corrected chi connectivity index (χ3v) is 2.38. The smallest absolute Gasteiger partial charge is 0.126 e. The molecule has 0 aliphatic heterocycles. The zero-order valence-corrected chi connectivity index (χ0v) is 9.23. The highest BCUT2D eigenvalue weighted by atomic mass is 16.3. The van der Waals surface area contributed by atoms with Crippen LogP contribution in [0.15, 0.2) is 34.9 Å². The summed E-state index contributed by atoms with van der Waals surface area (Å²) >= 11 is 0. The third kappa shape index (κ3) is 2.53. The molecule has 84 valence electrons. The molecule has 2 rings (SSSR count). The van der Waals surface area contributed by atoms with Crippen LogP contribution < -0.4 is 11.1 Å². The lowest BCUT2D eigenvalue weighted by molar-refractivity contribution is 0.513. The van der Waals surface area contributed by atoms with Crippen LogP contribution in [0, 0.1) is 6.92 Å². The number of nitrogen functional groups attached to an aromatic ring is 1. The molecule has 0 aliphatic carbocycles. The number of nitrogens with one attached hydrogen (secondary N) is 1. The Hall–Kier alpha value is -1.97. The molecule has 0 amide bonds. The van der Waals surface area contributed by atoms with Crippen molar-refractivity contribution in [1.29, 1.82) is 0 Å². The normalized spacial score (nSPS) is 10.3. The van der Waals surface area contributed by atoms with Crippen LogP contribution in [-0.4, -0.2) is 11.5 Å². The highest BCUT2D eigenvalue weighted by Gasteiger charge is 1.99. The number of nitrogens with zero attached hydrogens (tertiary/aromatic N) is 1. The van der Waals surface area contributed by atoms with Crippen molar-refractivity contribution in [1.82, 2.24) is 4.98 Å². The first-order valence-corrected chi connectivity index (χ1v) is 5.25. The van der Waals surface area contributed by atoms with Gasteiger partial charge in [-0.15, -0.1) is 0 Å². The summed E-state index contributed by atoms with van der Waals surface area (Å²) in [6.07, 6.45) is 2.53. The lowest BCUT2D eigenvalue weighted by atomic mass is 10.3. The zero-order chi connectivity index (χ0) is 11.4. The standard InChI is InChI=1S/C12H15N3O/c1-9-11(13)4-5-12(15-9)14-7-6-10-3-2-8-16-10/h2-5,8H,6-7,13H2,1H3,(H,14,15). The summed E-state index contributed by atoms with van der Waals surface area (Å²) < 4.78 is 5.23. The van der Waals surface area contributed by atoms with Crippen molar-refractivity contribution in [3.05, 3.63) is 42.0 Å². The fraction of sp³-hybridized carbons (Fsp3) is 0.250. The molecule has 2 aromatic rings. The molecule has 2 heterocycles. The van der Waals surface area contributed by atoms with Gasteiger partial charge in [-0.1, -0.05) is 0 Å². The first-order valence-electron chi connectivity index (χ1n) is 5.25. The third-order valence-electron chi connectivity index (χ3n) is 2.38. The largest absolute Gasteiger partial charge is 0.469 e. The molecule has 0 spiro atoms. The van der Waals surface area contributed by atoms with E-state index in [1.165, 1.54) is 0 Å². The van der Waals surface area contributed by atoms with Crippen molar-refractivity contribution in [2.45, 2.75) is 13.3 Å². The molecule has 3 N–H and O–H groups in total. The van der Waals surface area contributed by atoms with Gasteiger partial charge >= 0.3 is 0 Å². The number of aryl methyl sites for hydroxylation is 1. The van der Waals surface area contributed by atoms with Crippen LogP contribution in [0.2, 0.25) is 0 Å². The van der Waals surface area contributed by atoms with E-state index in [1.54, 1.807) is 6.26 Å². The minimum atomic E-state index is 0.719. The summed E-state index contributed by atoms with van der Waals surface area (Å²) in [6.45, 7) is 2.69. The molecule has 0 radical (unpaired) electrons. The first kappa shape index (κ1) is 10.5. The number of nitrogens with two attached hydrogens (primary N) is 1. The summed E-state index contributed by atoms with van der Waals surface area (Å²) in [5.74, 6) is 1.82. The molecule has 0 aromatic carbocycles. The van der Waals surface area contributed by atoms with Gasteiger partial charge in [0.2, 0.25) is 0 Å². The maximum Gasteiger partial charge on any atom is 0.126 e. The summed E-state index contributed by atoms with van der Waals surface area (Å²) in [5, 5.41) is 3.22. The van der Waals surface area contributed by atoms with E-state index >= 15 is 0 Å².